The van der Waals surface area contributed by atoms with Gasteiger partial charge in [0.05, 0.1) is 13.7 Å². The molecule has 8 nitrogen and oxygen atoms in total. The summed E-state index contributed by atoms with van der Waals surface area (Å²) in [5, 5.41) is 13.8. The van der Waals surface area contributed by atoms with Gasteiger partial charge in [0.1, 0.15) is 35.5 Å². The number of nitrogens with zero attached hydrogens (tertiary/aromatic N) is 5. The zero-order valence-corrected chi connectivity index (χ0v) is 22.9. The highest BCUT2D eigenvalue weighted by atomic mass is 19.2. The lowest BCUT2D eigenvalue weighted by Gasteiger charge is -2.46. The van der Waals surface area contributed by atoms with E-state index >= 15 is 8.78 Å². The van der Waals surface area contributed by atoms with Gasteiger partial charge in [-0.1, -0.05) is 6.07 Å². The lowest BCUT2D eigenvalue weighted by molar-refractivity contribution is 0.107. The zero-order valence-electron chi connectivity index (χ0n) is 26.9. The number of aromatic nitrogens is 3. The second-order valence-corrected chi connectivity index (χ2v) is 11.8. The minimum Gasteiger partial charge on any atom is -0.508 e. The van der Waals surface area contributed by atoms with E-state index in [1.807, 2.05) is 4.90 Å². The number of hydrogen-bond acceptors (Lipinski definition) is 8. The SMILES string of the molecule is [2H]C1([2H])CC[C@@]2(C([2H])([2H])Oc3nc(N4CC5CCC4CN5)c4cnc(-c5cc(O)cc6ccc(F)c(F)c56)c(F)c4n3)C[C@@H](F)CN12. The van der Waals surface area contributed by atoms with Gasteiger partial charge in [-0.25, -0.2) is 17.6 Å². The molecule has 7 heterocycles. The molecule has 0 spiro atoms. The monoisotopic (exact) mass is 598 g/mol. The van der Waals surface area contributed by atoms with Crippen LogP contribution in [0.25, 0.3) is 32.9 Å². The van der Waals surface area contributed by atoms with Crippen molar-refractivity contribution in [1.29, 1.82) is 0 Å². The molecule has 0 saturated carbocycles. The quantitative estimate of drug-likeness (QED) is 0.315. The van der Waals surface area contributed by atoms with Crippen LogP contribution in [-0.2, 0) is 0 Å². The topological polar surface area (TPSA) is 86.6 Å². The van der Waals surface area contributed by atoms with Crippen molar-refractivity contribution in [3.8, 4) is 23.0 Å². The maximum Gasteiger partial charge on any atom is 0.319 e. The first kappa shape index (κ1) is 22.7. The number of fused-ring (bicyclic) bond motifs is 6. The third kappa shape index (κ3) is 4.28. The van der Waals surface area contributed by atoms with Gasteiger partial charge in [-0.05, 0) is 55.8 Å². The Bertz CT molecular complexity index is 1950. The Balaban J connectivity index is 1.31. The maximum atomic E-state index is 16.7. The Labute approximate surface area is 250 Å². The average Bonchev–Trinajstić information content (AvgIpc) is 3.53. The predicted octanol–water partition coefficient (Wildman–Crippen LogP) is 4.86. The van der Waals surface area contributed by atoms with Crippen LogP contribution in [0.2, 0.25) is 0 Å². The van der Waals surface area contributed by atoms with Gasteiger partial charge < -0.3 is 20.1 Å². The molecule has 43 heavy (non-hydrogen) atoms. The molecule has 2 N–H and O–H groups in total. The number of piperidine rings is 2. The molecule has 5 saturated heterocycles. The van der Waals surface area contributed by atoms with Crippen molar-refractivity contribution in [2.45, 2.75) is 55.9 Å². The number of ether oxygens (including phenoxy) is 1. The summed E-state index contributed by atoms with van der Waals surface area (Å²) in [4.78, 5) is 16.3. The van der Waals surface area contributed by atoms with Gasteiger partial charge in [-0.2, -0.15) is 9.97 Å². The number of pyridine rings is 1. The van der Waals surface area contributed by atoms with Crippen LogP contribution in [0.1, 0.15) is 37.6 Å². The molecule has 2 aromatic heterocycles. The fraction of sp³-hybridized carbons (Fsp3) is 0.452. The molecular formula is C31H30F4N6O2. The van der Waals surface area contributed by atoms with Crippen LogP contribution < -0.4 is 15.0 Å². The molecule has 224 valence electrons. The average molecular weight is 599 g/mol. The van der Waals surface area contributed by atoms with Crippen molar-refractivity contribution in [2.24, 2.45) is 0 Å². The first-order valence-electron chi connectivity index (χ1n) is 16.4. The molecule has 0 amide bonds. The van der Waals surface area contributed by atoms with Gasteiger partial charge in [0, 0.05) is 58.0 Å². The predicted molar refractivity (Wildman–Crippen MR) is 153 cm³/mol. The largest absolute Gasteiger partial charge is 0.508 e. The molecule has 5 aliphatic heterocycles. The van der Waals surface area contributed by atoms with Crippen molar-refractivity contribution in [3.63, 3.8) is 0 Å². The fourth-order valence-electron chi connectivity index (χ4n) is 7.06. The van der Waals surface area contributed by atoms with Gasteiger partial charge in [-0.3, -0.25) is 9.88 Å². The van der Waals surface area contributed by atoms with E-state index in [9.17, 15) is 13.9 Å². The highest BCUT2D eigenvalue weighted by Gasteiger charge is 2.49. The fourth-order valence-corrected chi connectivity index (χ4v) is 7.06. The number of phenols is 1. The highest BCUT2D eigenvalue weighted by molar-refractivity contribution is 6.00. The summed E-state index contributed by atoms with van der Waals surface area (Å²) in [6.07, 6.45) is 1.20. The lowest BCUT2D eigenvalue weighted by atomic mass is 9.93. The third-order valence-electron chi connectivity index (χ3n) is 9.14. The summed E-state index contributed by atoms with van der Waals surface area (Å²) in [5.41, 5.74) is -2.65. The molecule has 2 unspecified atom stereocenters. The van der Waals surface area contributed by atoms with Crippen LogP contribution in [0, 0.1) is 17.5 Å². The first-order chi connectivity index (χ1) is 22.3. The standard InChI is InChI=1S/C31H30F4N6O2/c32-17-10-31(6-1-7-40(31)13-17)15-43-30-38-28-22(29(39-30)41-14-18-3-4-19(41)11-36-18)12-37-27(26(28)35)21-9-20(42)8-16-2-5-23(33)25(34)24(16)21/h2,5,8-9,12,17-19,36,42H,1,3-4,6-7,10-11,13-15H2/t17-,18?,19?,31+/m1/s1/i7D2,15D2. The van der Waals surface area contributed by atoms with Crippen molar-refractivity contribution in [3.05, 3.63) is 47.9 Å². The van der Waals surface area contributed by atoms with Crippen molar-refractivity contribution >= 4 is 27.5 Å². The van der Waals surface area contributed by atoms with Gasteiger partial charge in [0.15, 0.2) is 17.5 Å². The lowest BCUT2D eigenvalue weighted by Crippen LogP contribution is -2.61. The maximum absolute atomic E-state index is 16.7. The number of piperazine rings is 1. The molecule has 2 bridgehead atoms. The normalized spacial score (nSPS) is 29.9. The summed E-state index contributed by atoms with van der Waals surface area (Å²) >= 11 is 0. The minimum atomic E-state index is -2.69. The smallest absolute Gasteiger partial charge is 0.319 e. The molecule has 0 radical (unpaired) electrons. The summed E-state index contributed by atoms with van der Waals surface area (Å²) in [5.74, 6) is -3.58. The second kappa shape index (κ2) is 9.88. The summed E-state index contributed by atoms with van der Waals surface area (Å²) in [6, 6.07) is 3.99. The summed E-state index contributed by atoms with van der Waals surface area (Å²) in [6.45, 7) is -3.82. The van der Waals surface area contributed by atoms with E-state index in [0.29, 0.717) is 13.1 Å². The number of benzene rings is 2. The zero-order chi connectivity index (χ0) is 33.0. The Morgan fingerprint density at radius 1 is 1.16 bits per heavy atom. The number of aromatic hydroxyl groups is 1. The number of phenolic OH excluding ortho intramolecular Hbond substituents is 1. The van der Waals surface area contributed by atoms with Crippen molar-refractivity contribution in [1.82, 2.24) is 25.2 Å². The van der Waals surface area contributed by atoms with E-state index in [1.54, 1.807) is 0 Å². The highest BCUT2D eigenvalue weighted by Crippen LogP contribution is 2.42. The number of anilines is 1. The first-order valence-corrected chi connectivity index (χ1v) is 14.4. The Hall–Kier alpha value is -3.77. The van der Waals surface area contributed by atoms with E-state index in [1.165, 1.54) is 23.2 Å². The van der Waals surface area contributed by atoms with E-state index in [2.05, 4.69) is 20.3 Å². The molecule has 9 rings (SSSR count). The van der Waals surface area contributed by atoms with E-state index in [0.717, 1.165) is 25.0 Å². The van der Waals surface area contributed by atoms with Gasteiger partial charge >= 0.3 is 6.01 Å². The van der Waals surface area contributed by atoms with Gasteiger partial charge in [-0.15, -0.1) is 0 Å². The second-order valence-electron chi connectivity index (χ2n) is 11.8. The van der Waals surface area contributed by atoms with Crippen LogP contribution >= 0.6 is 0 Å². The van der Waals surface area contributed by atoms with E-state index in [4.69, 9.17) is 10.2 Å². The number of alkyl halides is 1. The van der Waals surface area contributed by atoms with Crippen molar-refractivity contribution < 1.29 is 32.9 Å². The number of nitrogens with one attached hydrogen (secondary N) is 1. The minimum absolute atomic E-state index is 0.0233. The van der Waals surface area contributed by atoms with Gasteiger partial charge in [0.2, 0.25) is 0 Å². The van der Waals surface area contributed by atoms with Gasteiger partial charge in [0.25, 0.3) is 0 Å². The van der Waals surface area contributed by atoms with Crippen LogP contribution in [0.15, 0.2) is 30.5 Å². The molecule has 5 fully saturated rings. The molecule has 0 aliphatic carbocycles. The Morgan fingerprint density at radius 3 is 2.84 bits per heavy atom. The van der Waals surface area contributed by atoms with Crippen LogP contribution in [0.4, 0.5) is 23.4 Å². The molecule has 4 atom stereocenters. The third-order valence-corrected chi connectivity index (χ3v) is 9.14. The van der Waals surface area contributed by atoms with E-state index < -0.39 is 53.9 Å². The Morgan fingerprint density at radius 2 is 2.05 bits per heavy atom. The summed E-state index contributed by atoms with van der Waals surface area (Å²) in [7, 11) is 0. The van der Waals surface area contributed by atoms with Crippen LogP contribution in [0.5, 0.6) is 11.8 Å². The van der Waals surface area contributed by atoms with E-state index in [-0.39, 0.29) is 76.7 Å². The number of halogens is 4. The van der Waals surface area contributed by atoms with Crippen LogP contribution in [0.3, 0.4) is 0 Å². The number of hydrogen-bond donors (Lipinski definition) is 2. The molecule has 5 aliphatic rings. The molecule has 2 aromatic carbocycles. The van der Waals surface area contributed by atoms with Crippen LogP contribution in [-0.4, -0.2) is 81.4 Å². The summed E-state index contributed by atoms with van der Waals surface area (Å²) < 4.78 is 102. The molecule has 12 heteroatoms. The number of rotatable bonds is 5. The van der Waals surface area contributed by atoms with Crippen molar-refractivity contribution in [2.75, 3.05) is 37.6 Å². The molecular weight excluding hydrogens is 564 g/mol. The molecule has 4 aromatic rings. The Kier molecular flexibility index (Phi) is 5.22.